The van der Waals surface area contributed by atoms with Crippen molar-refractivity contribution in [2.75, 3.05) is 6.61 Å². The molecule has 2 atom stereocenters. The molecule has 0 saturated heterocycles. The van der Waals surface area contributed by atoms with Gasteiger partial charge in [0.15, 0.2) is 0 Å². The fourth-order valence-electron chi connectivity index (χ4n) is 11.2. The summed E-state index contributed by atoms with van der Waals surface area (Å²) < 4.78 is 0. The van der Waals surface area contributed by atoms with E-state index in [9.17, 15) is 15.0 Å². The van der Waals surface area contributed by atoms with Gasteiger partial charge in [-0.05, 0) is 44.9 Å². The van der Waals surface area contributed by atoms with Crippen LogP contribution >= 0.6 is 0 Å². The normalized spacial score (nSPS) is 12.8. The first-order chi connectivity index (χ1) is 36.7. The number of amides is 1. The molecule has 0 aromatic carbocycles. The van der Waals surface area contributed by atoms with Crippen LogP contribution in [0.4, 0.5) is 0 Å². The molecule has 0 fully saturated rings. The Bertz CT molecular complexity index is 1090. The molecule has 0 spiro atoms. The maximum absolute atomic E-state index is 12.5. The highest BCUT2D eigenvalue weighted by Crippen LogP contribution is 2.19. The van der Waals surface area contributed by atoms with Gasteiger partial charge in [-0.1, -0.05) is 372 Å². The Morgan fingerprint density at radius 3 is 0.743 bits per heavy atom. The van der Waals surface area contributed by atoms with E-state index in [4.69, 9.17) is 0 Å². The maximum Gasteiger partial charge on any atom is 0.220 e. The summed E-state index contributed by atoms with van der Waals surface area (Å²) in [5, 5.41) is 23.3. The molecule has 0 radical (unpaired) electrons. The van der Waals surface area contributed by atoms with Crippen LogP contribution in [0.2, 0.25) is 0 Å². The molecule has 0 aliphatic carbocycles. The van der Waals surface area contributed by atoms with Gasteiger partial charge in [0, 0.05) is 6.42 Å². The van der Waals surface area contributed by atoms with Crippen LogP contribution in [0.1, 0.15) is 399 Å². The predicted octanol–water partition coefficient (Wildman–Crippen LogP) is 23.4. The smallest absolute Gasteiger partial charge is 0.220 e. The van der Waals surface area contributed by atoms with Gasteiger partial charge >= 0.3 is 0 Å². The van der Waals surface area contributed by atoms with E-state index in [-0.39, 0.29) is 12.5 Å². The van der Waals surface area contributed by atoms with E-state index >= 15 is 0 Å². The number of unbranched alkanes of at least 4 members (excludes halogenated alkanes) is 56. The van der Waals surface area contributed by atoms with Crippen molar-refractivity contribution >= 4 is 5.91 Å². The van der Waals surface area contributed by atoms with Gasteiger partial charge in [0.05, 0.1) is 18.8 Å². The van der Waals surface area contributed by atoms with Crippen LogP contribution < -0.4 is 5.32 Å². The highest BCUT2D eigenvalue weighted by molar-refractivity contribution is 5.76. The molecule has 0 saturated carbocycles. The summed E-state index contributed by atoms with van der Waals surface area (Å²) in [6, 6.07) is -0.622. The van der Waals surface area contributed by atoms with Crippen molar-refractivity contribution < 1.29 is 15.0 Å². The molecule has 0 bridgehead atoms. The summed E-state index contributed by atoms with van der Waals surface area (Å²) in [5.41, 5.74) is 0. The molecule has 0 rings (SSSR count). The standard InChI is InChI=1S/C70H137NO3/c1-3-5-7-9-11-13-15-17-19-21-23-25-27-29-31-33-34-35-36-38-39-41-43-45-47-49-51-53-55-57-59-61-63-65-69(73)68(67-72)71-70(74)66-64-62-60-58-56-54-52-50-48-46-44-42-40-37-32-30-28-26-24-22-20-18-16-14-12-10-8-6-4-2/h22,24,63,65,68-69,72-73H,3-21,23,25-62,64,66-67H2,1-2H3,(H,71,74)/b24-22-,65-63+. The van der Waals surface area contributed by atoms with Gasteiger partial charge in [0.25, 0.3) is 0 Å². The zero-order chi connectivity index (χ0) is 53.4. The summed E-state index contributed by atoms with van der Waals surface area (Å²) in [5.74, 6) is -0.0552. The summed E-state index contributed by atoms with van der Waals surface area (Å²) in [6.45, 7) is 4.36. The molecule has 0 aliphatic heterocycles. The summed E-state index contributed by atoms with van der Waals surface area (Å²) in [6.07, 6.45) is 89.8. The van der Waals surface area contributed by atoms with Crippen LogP contribution in [0.5, 0.6) is 0 Å². The van der Waals surface area contributed by atoms with Crippen LogP contribution in [-0.2, 0) is 4.79 Å². The number of carbonyl (C=O) groups is 1. The van der Waals surface area contributed by atoms with E-state index in [1.54, 1.807) is 6.08 Å². The van der Waals surface area contributed by atoms with Crippen molar-refractivity contribution in [1.29, 1.82) is 0 Å². The molecule has 2 unspecified atom stereocenters. The molecule has 0 heterocycles. The van der Waals surface area contributed by atoms with Crippen molar-refractivity contribution in [2.45, 2.75) is 411 Å². The zero-order valence-electron chi connectivity index (χ0n) is 50.9. The third-order valence-electron chi connectivity index (χ3n) is 16.4. The maximum atomic E-state index is 12.5. The average Bonchev–Trinajstić information content (AvgIpc) is 3.40. The van der Waals surface area contributed by atoms with Gasteiger partial charge in [0.1, 0.15) is 0 Å². The van der Waals surface area contributed by atoms with Crippen LogP contribution in [0.3, 0.4) is 0 Å². The van der Waals surface area contributed by atoms with E-state index in [0.29, 0.717) is 6.42 Å². The van der Waals surface area contributed by atoms with Crippen molar-refractivity contribution in [3.63, 3.8) is 0 Å². The van der Waals surface area contributed by atoms with Gasteiger partial charge in [-0.2, -0.15) is 0 Å². The van der Waals surface area contributed by atoms with E-state index in [1.807, 2.05) is 6.08 Å². The zero-order valence-corrected chi connectivity index (χ0v) is 50.9. The third kappa shape index (κ3) is 61.7. The fraction of sp³-hybridized carbons (Fsp3) is 0.929. The number of allylic oxidation sites excluding steroid dienone is 3. The topological polar surface area (TPSA) is 69.6 Å². The first-order valence-electron chi connectivity index (χ1n) is 34.6. The minimum atomic E-state index is -0.839. The van der Waals surface area contributed by atoms with Crippen LogP contribution in [0.15, 0.2) is 24.3 Å². The molecular weight excluding hydrogens is 903 g/mol. The van der Waals surface area contributed by atoms with Gasteiger partial charge in [-0.15, -0.1) is 0 Å². The molecule has 0 aromatic heterocycles. The Morgan fingerprint density at radius 2 is 0.514 bits per heavy atom. The molecule has 4 nitrogen and oxygen atoms in total. The number of nitrogens with one attached hydrogen (secondary N) is 1. The Kier molecular flexibility index (Phi) is 65.1. The molecule has 440 valence electrons. The van der Waals surface area contributed by atoms with Crippen molar-refractivity contribution in [3.8, 4) is 0 Å². The summed E-state index contributed by atoms with van der Waals surface area (Å²) >= 11 is 0. The van der Waals surface area contributed by atoms with Gasteiger partial charge in [-0.25, -0.2) is 0 Å². The largest absolute Gasteiger partial charge is 0.394 e. The lowest BCUT2D eigenvalue weighted by molar-refractivity contribution is -0.123. The highest BCUT2D eigenvalue weighted by Gasteiger charge is 2.18. The van der Waals surface area contributed by atoms with Gasteiger partial charge in [-0.3, -0.25) is 4.79 Å². The van der Waals surface area contributed by atoms with E-state index in [0.717, 1.165) is 25.7 Å². The van der Waals surface area contributed by atoms with E-state index in [2.05, 4.69) is 31.3 Å². The second-order valence-corrected chi connectivity index (χ2v) is 24.0. The van der Waals surface area contributed by atoms with Crippen LogP contribution in [-0.4, -0.2) is 34.9 Å². The van der Waals surface area contributed by atoms with Gasteiger partial charge < -0.3 is 15.5 Å². The van der Waals surface area contributed by atoms with Crippen LogP contribution in [0, 0.1) is 0 Å². The lowest BCUT2D eigenvalue weighted by Crippen LogP contribution is -2.45. The summed E-state index contributed by atoms with van der Waals surface area (Å²) in [7, 11) is 0. The van der Waals surface area contributed by atoms with Gasteiger partial charge in [0.2, 0.25) is 5.91 Å². The lowest BCUT2D eigenvalue weighted by atomic mass is 10.0. The van der Waals surface area contributed by atoms with E-state index < -0.39 is 12.1 Å². The first-order valence-corrected chi connectivity index (χ1v) is 34.6. The molecule has 74 heavy (non-hydrogen) atoms. The Labute approximate surface area is 466 Å². The quantitative estimate of drug-likeness (QED) is 0.0420. The number of hydrogen-bond donors (Lipinski definition) is 3. The highest BCUT2D eigenvalue weighted by atomic mass is 16.3. The Hall–Kier alpha value is -1.13. The SMILES string of the molecule is CCCCCCCCCC/C=C\CCCCCCCCCCCCCCCCCCCC(=O)NC(CO)C(O)/C=C/CCCCCCCCCCCCCCCCCCCCCCCCCCCCCCCCC. The molecular formula is C70H137NO3. The molecule has 3 N–H and O–H groups in total. The minimum absolute atomic E-state index is 0.0552. The summed E-state index contributed by atoms with van der Waals surface area (Å²) in [4.78, 5) is 12.5. The predicted molar refractivity (Wildman–Crippen MR) is 332 cm³/mol. The average molecular weight is 1040 g/mol. The number of carbonyl (C=O) groups excluding carboxylic acids is 1. The lowest BCUT2D eigenvalue weighted by Gasteiger charge is -2.20. The molecule has 1 amide bonds. The Morgan fingerprint density at radius 1 is 0.311 bits per heavy atom. The van der Waals surface area contributed by atoms with Crippen molar-refractivity contribution in [3.05, 3.63) is 24.3 Å². The van der Waals surface area contributed by atoms with Crippen molar-refractivity contribution in [2.24, 2.45) is 0 Å². The Balaban J connectivity index is 3.41. The number of rotatable bonds is 65. The fourth-order valence-corrected chi connectivity index (χ4v) is 11.2. The second-order valence-electron chi connectivity index (χ2n) is 24.0. The van der Waals surface area contributed by atoms with Crippen molar-refractivity contribution in [1.82, 2.24) is 5.32 Å². The molecule has 0 aliphatic rings. The molecule has 4 heteroatoms. The van der Waals surface area contributed by atoms with E-state index in [1.165, 1.54) is 353 Å². The number of aliphatic hydroxyl groups excluding tert-OH is 2. The van der Waals surface area contributed by atoms with Crippen LogP contribution in [0.25, 0.3) is 0 Å². The third-order valence-corrected chi connectivity index (χ3v) is 16.4. The number of hydrogen-bond acceptors (Lipinski definition) is 3. The monoisotopic (exact) mass is 1040 g/mol. The minimum Gasteiger partial charge on any atom is -0.394 e. The first kappa shape index (κ1) is 72.9. The molecule has 0 aromatic rings. The number of aliphatic hydroxyl groups is 2. The second kappa shape index (κ2) is 66.2.